The first-order valence-electron chi connectivity index (χ1n) is 6.10. The van der Waals surface area contributed by atoms with Gasteiger partial charge in [0, 0.05) is 6.54 Å². The number of hydrogen-bond acceptors (Lipinski definition) is 4. The third-order valence-corrected chi connectivity index (χ3v) is 5.06. The minimum Gasteiger partial charge on any atom is -0.361 e. The van der Waals surface area contributed by atoms with E-state index in [9.17, 15) is 8.42 Å². The molecule has 1 unspecified atom stereocenters. The molecule has 0 saturated carbocycles. The lowest BCUT2D eigenvalue weighted by molar-refractivity contribution is 0.571. The van der Waals surface area contributed by atoms with Gasteiger partial charge in [0.15, 0.2) is 14.9 Å². The lowest BCUT2D eigenvalue weighted by atomic mass is 10.1. The van der Waals surface area contributed by atoms with E-state index >= 15 is 0 Å². The van der Waals surface area contributed by atoms with E-state index in [1.54, 1.807) is 0 Å². The molecule has 1 aromatic rings. The smallest absolute Gasteiger partial charge is 0.185 e. The molecule has 7 heteroatoms. The average Bonchev–Trinajstić information content (AvgIpc) is 2.75. The van der Waals surface area contributed by atoms with E-state index in [0.29, 0.717) is 23.8 Å². The van der Waals surface area contributed by atoms with Crippen LogP contribution in [0, 0.1) is 5.92 Å². The van der Waals surface area contributed by atoms with Gasteiger partial charge in [-0.15, -0.1) is 0 Å². The summed E-state index contributed by atoms with van der Waals surface area (Å²) in [5.41, 5.74) is 6.74. The molecule has 1 atom stereocenters. The summed E-state index contributed by atoms with van der Waals surface area (Å²) >= 11 is 5.11. The first kappa shape index (κ1) is 14.1. The molecule has 2 rings (SSSR count). The van der Waals surface area contributed by atoms with Crippen LogP contribution >= 0.6 is 12.2 Å². The number of thiocarbonyl (C=S) groups is 1. The van der Waals surface area contributed by atoms with Gasteiger partial charge in [0.05, 0.1) is 17.2 Å². The summed E-state index contributed by atoms with van der Waals surface area (Å²) < 4.78 is 22.6. The maximum Gasteiger partial charge on any atom is 0.185 e. The van der Waals surface area contributed by atoms with Crippen molar-refractivity contribution in [1.29, 1.82) is 0 Å². The average molecular weight is 299 g/mol. The Bertz CT molecular complexity index is 531. The molecule has 0 bridgehead atoms. The quantitative estimate of drug-likeness (QED) is 0.567. The molecule has 0 aliphatic carbocycles. The summed E-state index contributed by atoms with van der Waals surface area (Å²) in [4.78, 5) is 0. The minimum atomic E-state index is -2.82. The highest BCUT2D eigenvalue weighted by atomic mass is 32.2. The molecular weight excluding hydrogens is 282 g/mol. The standard InChI is InChI=1S/C12H17N3O2S2/c16-19(17)7-6-10(9-19)8-13-12(18)15-14-11-4-2-1-3-5-11/h1-5,10,14H,6-9H2,(H2,13,15,18). The van der Waals surface area contributed by atoms with Crippen molar-refractivity contribution in [3.8, 4) is 0 Å². The molecule has 1 saturated heterocycles. The third kappa shape index (κ3) is 4.68. The van der Waals surface area contributed by atoms with Crippen molar-refractivity contribution in [2.75, 3.05) is 23.5 Å². The van der Waals surface area contributed by atoms with Gasteiger partial charge in [0.1, 0.15) is 0 Å². The number of para-hydroxylation sites is 1. The van der Waals surface area contributed by atoms with Crippen molar-refractivity contribution < 1.29 is 8.42 Å². The molecule has 104 valence electrons. The Balaban J connectivity index is 1.68. The molecule has 0 spiro atoms. The largest absolute Gasteiger partial charge is 0.361 e. The van der Waals surface area contributed by atoms with Gasteiger partial charge in [-0.1, -0.05) is 18.2 Å². The van der Waals surface area contributed by atoms with Crippen molar-refractivity contribution in [2.45, 2.75) is 6.42 Å². The molecule has 3 N–H and O–H groups in total. The predicted octanol–water partition coefficient (Wildman–Crippen LogP) is 0.912. The SMILES string of the molecule is O=S1(=O)CCC(CNC(=S)NNc2ccccc2)C1. The summed E-state index contributed by atoms with van der Waals surface area (Å²) in [5, 5.41) is 3.49. The van der Waals surface area contributed by atoms with E-state index in [4.69, 9.17) is 12.2 Å². The lowest BCUT2D eigenvalue weighted by Gasteiger charge is -2.14. The van der Waals surface area contributed by atoms with Gasteiger partial charge < -0.3 is 5.32 Å². The zero-order chi connectivity index (χ0) is 13.7. The van der Waals surface area contributed by atoms with E-state index < -0.39 is 9.84 Å². The van der Waals surface area contributed by atoms with E-state index in [2.05, 4.69) is 16.2 Å². The summed E-state index contributed by atoms with van der Waals surface area (Å²) in [6, 6.07) is 9.61. The maximum atomic E-state index is 11.3. The van der Waals surface area contributed by atoms with Crippen LogP contribution in [-0.4, -0.2) is 31.6 Å². The Morgan fingerprint density at radius 2 is 2.05 bits per heavy atom. The van der Waals surface area contributed by atoms with Crippen molar-refractivity contribution >= 4 is 32.9 Å². The molecule has 1 aromatic carbocycles. The molecular formula is C12H17N3O2S2. The molecule has 1 fully saturated rings. The van der Waals surface area contributed by atoms with Crippen LogP contribution < -0.4 is 16.2 Å². The monoisotopic (exact) mass is 299 g/mol. The number of anilines is 1. The molecule has 5 nitrogen and oxygen atoms in total. The van der Waals surface area contributed by atoms with Gasteiger partial charge in [0.2, 0.25) is 0 Å². The van der Waals surface area contributed by atoms with Gasteiger partial charge in [-0.3, -0.25) is 10.9 Å². The highest BCUT2D eigenvalue weighted by Crippen LogP contribution is 2.17. The van der Waals surface area contributed by atoms with E-state index in [1.807, 2.05) is 30.3 Å². The number of nitrogens with one attached hydrogen (secondary N) is 3. The zero-order valence-electron chi connectivity index (χ0n) is 10.4. The van der Waals surface area contributed by atoms with Gasteiger partial charge >= 0.3 is 0 Å². The van der Waals surface area contributed by atoms with Crippen LogP contribution in [0.5, 0.6) is 0 Å². The number of rotatable bonds is 4. The van der Waals surface area contributed by atoms with Crippen LogP contribution in [0.1, 0.15) is 6.42 Å². The Labute approximate surface area is 118 Å². The molecule has 1 heterocycles. The van der Waals surface area contributed by atoms with Crippen molar-refractivity contribution in [2.24, 2.45) is 5.92 Å². The van der Waals surface area contributed by atoms with Gasteiger partial charge in [-0.05, 0) is 36.7 Å². The minimum absolute atomic E-state index is 0.154. The predicted molar refractivity (Wildman–Crippen MR) is 80.6 cm³/mol. The number of sulfone groups is 1. The van der Waals surface area contributed by atoms with Crippen LogP contribution in [0.15, 0.2) is 30.3 Å². The third-order valence-electron chi connectivity index (χ3n) is 2.97. The summed E-state index contributed by atoms with van der Waals surface area (Å²) in [6.07, 6.45) is 0.712. The maximum absolute atomic E-state index is 11.3. The Hall–Kier alpha value is -1.34. The summed E-state index contributed by atoms with van der Waals surface area (Å²) in [5.74, 6) is 0.706. The number of hydrazine groups is 1. The highest BCUT2D eigenvalue weighted by molar-refractivity contribution is 7.91. The zero-order valence-corrected chi connectivity index (χ0v) is 12.1. The molecule has 0 amide bonds. The second kappa shape index (κ2) is 6.21. The van der Waals surface area contributed by atoms with Crippen LogP contribution in [0.4, 0.5) is 5.69 Å². The molecule has 1 aliphatic heterocycles. The van der Waals surface area contributed by atoms with E-state index in [0.717, 1.165) is 5.69 Å². The fourth-order valence-electron chi connectivity index (χ4n) is 1.96. The van der Waals surface area contributed by atoms with E-state index in [-0.39, 0.29) is 11.7 Å². The normalized spacial score (nSPS) is 20.7. The van der Waals surface area contributed by atoms with Crippen LogP contribution in [0.2, 0.25) is 0 Å². The molecule has 1 aliphatic rings. The first-order valence-corrected chi connectivity index (χ1v) is 8.33. The molecule has 19 heavy (non-hydrogen) atoms. The van der Waals surface area contributed by atoms with Gasteiger partial charge in [-0.25, -0.2) is 8.42 Å². The highest BCUT2D eigenvalue weighted by Gasteiger charge is 2.27. The van der Waals surface area contributed by atoms with Crippen molar-refractivity contribution in [3.63, 3.8) is 0 Å². The molecule has 0 aromatic heterocycles. The fraction of sp³-hybridized carbons (Fsp3) is 0.417. The van der Waals surface area contributed by atoms with E-state index in [1.165, 1.54) is 0 Å². The Kier molecular flexibility index (Phi) is 4.60. The van der Waals surface area contributed by atoms with Crippen molar-refractivity contribution in [1.82, 2.24) is 10.7 Å². The van der Waals surface area contributed by atoms with Crippen LogP contribution in [0.3, 0.4) is 0 Å². The fourth-order valence-corrected chi connectivity index (χ4v) is 3.96. The summed E-state index contributed by atoms with van der Waals surface area (Å²) in [7, 11) is -2.82. The van der Waals surface area contributed by atoms with Crippen LogP contribution in [-0.2, 0) is 9.84 Å². The Morgan fingerprint density at radius 1 is 1.32 bits per heavy atom. The Morgan fingerprint density at radius 3 is 2.68 bits per heavy atom. The first-order chi connectivity index (χ1) is 9.05. The van der Waals surface area contributed by atoms with Gasteiger partial charge in [0.25, 0.3) is 0 Å². The molecule has 0 radical (unpaired) electrons. The van der Waals surface area contributed by atoms with Crippen LogP contribution in [0.25, 0.3) is 0 Å². The lowest BCUT2D eigenvalue weighted by Crippen LogP contribution is -2.41. The number of benzene rings is 1. The van der Waals surface area contributed by atoms with Crippen molar-refractivity contribution in [3.05, 3.63) is 30.3 Å². The second-order valence-electron chi connectivity index (χ2n) is 4.60. The topological polar surface area (TPSA) is 70.2 Å². The summed E-state index contributed by atoms with van der Waals surface area (Å²) in [6.45, 7) is 0.585. The number of hydrogen-bond donors (Lipinski definition) is 3. The second-order valence-corrected chi connectivity index (χ2v) is 7.23. The van der Waals surface area contributed by atoms with Gasteiger partial charge in [-0.2, -0.15) is 0 Å².